The molecule has 0 radical (unpaired) electrons. The summed E-state index contributed by atoms with van der Waals surface area (Å²) in [6.07, 6.45) is 2.05. The van der Waals surface area contributed by atoms with Gasteiger partial charge in [-0.05, 0) is 117 Å². The fourth-order valence-electron chi connectivity index (χ4n) is 7.76. The lowest BCUT2D eigenvalue weighted by atomic mass is 9.77. The third kappa shape index (κ3) is 3.67. The van der Waals surface area contributed by atoms with Gasteiger partial charge in [0.15, 0.2) is 0 Å². The molecule has 0 saturated carbocycles. The van der Waals surface area contributed by atoms with Gasteiger partial charge in [0.05, 0.1) is 5.54 Å². The molecule has 0 heterocycles. The zero-order valence-corrected chi connectivity index (χ0v) is 25.6. The Bertz CT molecular complexity index is 1830. The highest BCUT2D eigenvalue weighted by Gasteiger charge is 2.42. The van der Waals surface area contributed by atoms with E-state index in [1.807, 2.05) is 0 Å². The molecule has 1 nitrogen and oxygen atoms in total. The minimum Gasteiger partial charge on any atom is -0.376 e. The van der Waals surface area contributed by atoms with Gasteiger partial charge in [0.1, 0.15) is 0 Å². The maximum absolute atomic E-state index is 3.95. The van der Waals surface area contributed by atoms with Crippen molar-refractivity contribution in [2.45, 2.75) is 77.7 Å². The normalized spacial score (nSPS) is 15.8. The zero-order valence-electron chi connectivity index (χ0n) is 25.6. The predicted octanol–water partition coefficient (Wildman–Crippen LogP) is 10.9. The van der Waals surface area contributed by atoms with Crippen LogP contribution in [0.3, 0.4) is 0 Å². The van der Waals surface area contributed by atoms with Crippen LogP contribution in [0.2, 0.25) is 0 Å². The van der Waals surface area contributed by atoms with Crippen LogP contribution in [0, 0.1) is 6.92 Å². The van der Waals surface area contributed by atoms with Crippen molar-refractivity contribution >= 4 is 16.5 Å². The Morgan fingerprint density at radius 2 is 1.07 bits per heavy atom. The van der Waals surface area contributed by atoms with Crippen LogP contribution in [-0.4, -0.2) is 0 Å². The van der Waals surface area contributed by atoms with Gasteiger partial charge >= 0.3 is 0 Å². The lowest BCUT2D eigenvalue weighted by Crippen LogP contribution is -2.34. The van der Waals surface area contributed by atoms with Crippen LogP contribution in [-0.2, 0) is 16.4 Å². The summed E-state index contributed by atoms with van der Waals surface area (Å²) < 4.78 is 0. The predicted molar refractivity (Wildman–Crippen MR) is 176 cm³/mol. The summed E-state index contributed by atoms with van der Waals surface area (Å²) in [4.78, 5) is 0. The Hall–Kier alpha value is -3.84. The molecule has 1 heteroatoms. The van der Waals surface area contributed by atoms with E-state index in [9.17, 15) is 0 Å². The standard InChI is InChI=1S/C40H41N/c1-8-40(9-2,41-29-17-14-25(3)15-18-29)28-16-19-30-32-23-37-33(24-36(32)39(6,7)35(30)22-28)31-20-26-12-10-11-13-27(26)21-34(31)38(37,4)5/h10-24,41H,8-9H2,1-7H3. The summed E-state index contributed by atoms with van der Waals surface area (Å²) in [6.45, 7) is 16.4. The summed E-state index contributed by atoms with van der Waals surface area (Å²) in [5.41, 5.74) is 15.0. The summed E-state index contributed by atoms with van der Waals surface area (Å²) >= 11 is 0. The summed E-state index contributed by atoms with van der Waals surface area (Å²) in [5.74, 6) is 0. The monoisotopic (exact) mass is 535 g/mol. The molecule has 0 amide bonds. The van der Waals surface area contributed by atoms with Crippen LogP contribution >= 0.6 is 0 Å². The Kier molecular flexibility index (Phi) is 5.62. The van der Waals surface area contributed by atoms with Gasteiger partial charge in [-0.3, -0.25) is 0 Å². The van der Waals surface area contributed by atoms with Crippen molar-refractivity contribution in [3.8, 4) is 22.3 Å². The zero-order chi connectivity index (χ0) is 28.7. The second-order valence-electron chi connectivity index (χ2n) is 13.5. The molecule has 0 aromatic heterocycles. The van der Waals surface area contributed by atoms with E-state index in [2.05, 4.69) is 145 Å². The van der Waals surface area contributed by atoms with E-state index in [0.717, 1.165) is 12.8 Å². The summed E-state index contributed by atoms with van der Waals surface area (Å²) in [7, 11) is 0. The molecule has 2 aliphatic rings. The molecule has 0 atom stereocenters. The molecule has 2 aliphatic carbocycles. The lowest BCUT2D eigenvalue weighted by Gasteiger charge is -2.36. The summed E-state index contributed by atoms with van der Waals surface area (Å²) in [6, 6.07) is 34.8. The maximum Gasteiger partial charge on any atom is 0.0620 e. The number of anilines is 1. The molecule has 206 valence electrons. The first kappa shape index (κ1) is 26.1. The summed E-state index contributed by atoms with van der Waals surface area (Å²) in [5, 5.41) is 6.59. The molecule has 0 saturated heterocycles. The molecule has 0 unspecified atom stereocenters. The van der Waals surface area contributed by atoms with Crippen molar-refractivity contribution < 1.29 is 0 Å². The second kappa shape index (κ2) is 8.83. The Morgan fingerprint density at radius 3 is 1.68 bits per heavy atom. The molecule has 1 N–H and O–H groups in total. The van der Waals surface area contributed by atoms with Gasteiger partial charge < -0.3 is 5.32 Å². The van der Waals surface area contributed by atoms with E-state index in [0.29, 0.717) is 0 Å². The number of nitrogens with one attached hydrogen (secondary N) is 1. The molecule has 7 rings (SSSR count). The van der Waals surface area contributed by atoms with Crippen LogP contribution in [0.1, 0.15) is 87.8 Å². The molecule has 0 fully saturated rings. The minimum absolute atomic E-state index is 0.0336. The van der Waals surface area contributed by atoms with Crippen molar-refractivity contribution in [1.82, 2.24) is 0 Å². The quantitative estimate of drug-likeness (QED) is 0.236. The maximum atomic E-state index is 3.95. The molecular formula is C40H41N. The number of aryl methyl sites for hydroxylation is 1. The van der Waals surface area contributed by atoms with Gasteiger partial charge in [-0.2, -0.15) is 0 Å². The molecular weight excluding hydrogens is 494 g/mol. The molecule has 5 aromatic carbocycles. The fraction of sp³-hybridized carbons (Fsp3) is 0.300. The first-order chi connectivity index (χ1) is 19.6. The Morgan fingerprint density at radius 1 is 0.561 bits per heavy atom. The first-order valence-corrected chi connectivity index (χ1v) is 15.3. The molecule has 0 bridgehead atoms. The average molecular weight is 536 g/mol. The van der Waals surface area contributed by atoms with Crippen LogP contribution in [0.4, 0.5) is 5.69 Å². The van der Waals surface area contributed by atoms with Crippen molar-refractivity contribution in [1.29, 1.82) is 0 Å². The number of rotatable bonds is 5. The number of fused-ring (bicyclic) bond motifs is 7. The van der Waals surface area contributed by atoms with Gasteiger partial charge in [0.25, 0.3) is 0 Å². The lowest BCUT2D eigenvalue weighted by molar-refractivity contribution is 0.453. The SMILES string of the molecule is CCC(CC)(Nc1ccc(C)cc1)c1ccc2c(c1)C(C)(C)c1cc3c(cc1-2)C(C)(C)c1cc2ccccc2cc1-3. The highest BCUT2D eigenvalue weighted by atomic mass is 15.0. The van der Waals surface area contributed by atoms with E-state index in [1.54, 1.807) is 0 Å². The molecule has 5 aromatic rings. The van der Waals surface area contributed by atoms with Crippen molar-refractivity contribution in [2.75, 3.05) is 5.32 Å². The third-order valence-electron chi connectivity index (χ3n) is 10.5. The molecule has 41 heavy (non-hydrogen) atoms. The van der Waals surface area contributed by atoms with Gasteiger partial charge in [-0.15, -0.1) is 0 Å². The van der Waals surface area contributed by atoms with E-state index in [1.165, 1.54) is 72.1 Å². The van der Waals surface area contributed by atoms with E-state index < -0.39 is 0 Å². The Balaban J connectivity index is 1.36. The smallest absolute Gasteiger partial charge is 0.0620 e. The largest absolute Gasteiger partial charge is 0.376 e. The van der Waals surface area contributed by atoms with E-state index in [4.69, 9.17) is 0 Å². The van der Waals surface area contributed by atoms with E-state index in [-0.39, 0.29) is 16.4 Å². The van der Waals surface area contributed by atoms with Crippen molar-refractivity contribution in [2.24, 2.45) is 0 Å². The van der Waals surface area contributed by atoms with Crippen molar-refractivity contribution in [3.05, 3.63) is 124 Å². The van der Waals surface area contributed by atoms with Crippen LogP contribution in [0.15, 0.2) is 91.0 Å². The third-order valence-corrected chi connectivity index (χ3v) is 10.5. The first-order valence-electron chi connectivity index (χ1n) is 15.3. The average Bonchev–Trinajstić information content (AvgIpc) is 3.33. The number of hydrogen-bond acceptors (Lipinski definition) is 1. The topological polar surface area (TPSA) is 12.0 Å². The van der Waals surface area contributed by atoms with E-state index >= 15 is 0 Å². The number of hydrogen-bond donors (Lipinski definition) is 1. The minimum atomic E-state index is -0.112. The highest BCUT2D eigenvalue weighted by molar-refractivity contribution is 5.95. The highest BCUT2D eigenvalue weighted by Crippen LogP contribution is 2.57. The van der Waals surface area contributed by atoms with Crippen LogP contribution < -0.4 is 5.32 Å². The van der Waals surface area contributed by atoms with Crippen LogP contribution in [0.5, 0.6) is 0 Å². The fourth-order valence-corrected chi connectivity index (χ4v) is 7.76. The number of benzene rings is 5. The van der Waals surface area contributed by atoms with Crippen molar-refractivity contribution in [3.63, 3.8) is 0 Å². The molecule has 0 aliphatic heterocycles. The van der Waals surface area contributed by atoms with Crippen LogP contribution in [0.25, 0.3) is 33.0 Å². The second-order valence-corrected chi connectivity index (χ2v) is 13.5. The Labute approximate surface area is 245 Å². The van der Waals surface area contributed by atoms with Gasteiger partial charge in [-0.25, -0.2) is 0 Å². The van der Waals surface area contributed by atoms with Gasteiger partial charge in [-0.1, -0.05) is 102 Å². The van der Waals surface area contributed by atoms with Gasteiger partial charge in [0.2, 0.25) is 0 Å². The van der Waals surface area contributed by atoms with Gasteiger partial charge in [0, 0.05) is 16.5 Å². The molecule has 0 spiro atoms.